The Labute approximate surface area is 129 Å². The van der Waals surface area contributed by atoms with Gasteiger partial charge in [0.25, 0.3) is 0 Å². The van der Waals surface area contributed by atoms with Crippen LogP contribution in [0.15, 0.2) is 60.9 Å². The minimum absolute atomic E-state index is 0.00988. The molecule has 3 rings (SSSR count). The third-order valence-electron chi connectivity index (χ3n) is 3.66. The smallest absolute Gasteiger partial charge is 0.308 e. The highest BCUT2D eigenvalue weighted by atomic mass is 16.5. The normalized spacial score (nSPS) is 12.2. The molecule has 0 amide bonds. The van der Waals surface area contributed by atoms with E-state index in [2.05, 4.69) is 4.98 Å². The summed E-state index contributed by atoms with van der Waals surface area (Å²) in [6.07, 6.45) is 2.10. The summed E-state index contributed by atoms with van der Waals surface area (Å²) < 4.78 is 7.35. The molecule has 1 aromatic heterocycles. The number of aromatic nitrogens is 2. The summed E-state index contributed by atoms with van der Waals surface area (Å²) >= 11 is 0. The SMILES string of the molecule is CC(CC(=O)OCc1ccccc1)n1cnc2ccccc21. The topological polar surface area (TPSA) is 44.1 Å². The second-order valence-electron chi connectivity index (χ2n) is 5.34. The molecule has 1 unspecified atom stereocenters. The third-order valence-corrected chi connectivity index (χ3v) is 3.66. The van der Waals surface area contributed by atoms with Gasteiger partial charge >= 0.3 is 5.97 Å². The van der Waals surface area contributed by atoms with Crippen molar-refractivity contribution in [2.24, 2.45) is 0 Å². The predicted octanol–water partition coefficient (Wildman–Crippen LogP) is 3.73. The van der Waals surface area contributed by atoms with Gasteiger partial charge in [-0.3, -0.25) is 4.79 Å². The standard InChI is InChI=1S/C18H18N2O2/c1-14(20-13-19-16-9-5-6-10-17(16)20)11-18(21)22-12-15-7-3-2-4-8-15/h2-10,13-14H,11-12H2,1H3. The van der Waals surface area contributed by atoms with Crippen molar-refractivity contribution >= 4 is 17.0 Å². The molecule has 4 nitrogen and oxygen atoms in total. The lowest BCUT2D eigenvalue weighted by molar-refractivity contribution is -0.145. The van der Waals surface area contributed by atoms with Crippen LogP contribution < -0.4 is 0 Å². The third kappa shape index (κ3) is 3.17. The second-order valence-corrected chi connectivity index (χ2v) is 5.34. The second kappa shape index (κ2) is 6.43. The fourth-order valence-corrected chi connectivity index (χ4v) is 2.47. The maximum atomic E-state index is 12.0. The maximum absolute atomic E-state index is 12.0. The summed E-state index contributed by atoms with van der Waals surface area (Å²) in [6, 6.07) is 17.6. The van der Waals surface area contributed by atoms with Crippen LogP contribution in [0.25, 0.3) is 11.0 Å². The molecule has 112 valence electrons. The molecule has 1 atom stereocenters. The van der Waals surface area contributed by atoms with Gasteiger partial charge in [0, 0.05) is 6.04 Å². The van der Waals surface area contributed by atoms with Crippen LogP contribution in [-0.4, -0.2) is 15.5 Å². The van der Waals surface area contributed by atoms with E-state index in [0.717, 1.165) is 16.6 Å². The molecule has 0 N–H and O–H groups in total. The Kier molecular flexibility index (Phi) is 4.19. The highest BCUT2D eigenvalue weighted by molar-refractivity contribution is 5.76. The quantitative estimate of drug-likeness (QED) is 0.673. The number of fused-ring (bicyclic) bond motifs is 1. The molecule has 0 saturated carbocycles. The molecular weight excluding hydrogens is 276 g/mol. The van der Waals surface area contributed by atoms with E-state index < -0.39 is 0 Å². The Morgan fingerprint density at radius 2 is 1.86 bits per heavy atom. The molecular formula is C18H18N2O2. The van der Waals surface area contributed by atoms with Crippen molar-refractivity contribution in [3.8, 4) is 0 Å². The van der Waals surface area contributed by atoms with Crippen LogP contribution in [0, 0.1) is 0 Å². The average Bonchev–Trinajstić information content (AvgIpc) is 2.98. The van der Waals surface area contributed by atoms with Gasteiger partial charge < -0.3 is 9.30 Å². The number of carbonyl (C=O) groups is 1. The first-order chi connectivity index (χ1) is 10.7. The lowest BCUT2D eigenvalue weighted by Gasteiger charge is -2.14. The molecule has 0 fully saturated rings. The van der Waals surface area contributed by atoms with E-state index in [1.807, 2.05) is 66.1 Å². The molecule has 0 aliphatic carbocycles. The molecule has 1 heterocycles. The molecule has 22 heavy (non-hydrogen) atoms. The van der Waals surface area contributed by atoms with Gasteiger partial charge in [-0.15, -0.1) is 0 Å². The predicted molar refractivity (Wildman–Crippen MR) is 85.3 cm³/mol. The zero-order valence-electron chi connectivity index (χ0n) is 12.5. The lowest BCUT2D eigenvalue weighted by Crippen LogP contribution is -2.12. The maximum Gasteiger partial charge on any atom is 0.308 e. The number of benzene rings is 2. The monoisotopic (exact) mass is 294 g/mol. The van der Waals surface area contributed by atoms with Crippen LogP contribution in [0.4, 0.5) is 0 Å². The Hall–Kier alpha value is -2.62. The minimum atomic E-state index is -0.200. The van der Waals surface area contributed by atoms with Crippen LogP contribution in [0.3, 0.4) is 0 Å². The van der Waals surface area contributed by atoms with Crippen LogP contribution >= 0.6 is 0 Å². The highest BCUT2D eigenvalue weighted by Gasteiger charge is 2.14. The Morgan fingerprint density at radius 1 is 1.14 bits per heavy atom. The Balaban J connectivity index is 1.61. The molecule has 0 aliphatic rings. The van der Waals surface area contributed by atoms with Crippen LogP contribution in [0.2, 0.25) is 0 Å². The minimum Gasteiger partial charge on any atom is -0.461 e. The first-order valence-corrected chi connectivity index (χ1v) is 7.35. The fraction of sp³-hybridized carbons (Fsp3) is 0.222. The van der Waals surface area contributed by atoms with E-state index in [1.54, 1.807) is 6.33 Å². The number of esters is 1. The number of para-hydroxylation sites is 2. The van der Waals surface area contributed by atoms with Gasteiger partial charge in [0.15, 0.2) is 0 Å². The van der Waals surface area contributed by atoms with Crippen molar-refractivity contribution < 1.29 is 9.53 Å². The summed E-state index contributed by atoms with van der Waals surface area (Å²) in [5, 5.41) is 0. The van der Waals surface area contributed by atoms with Crippen molar-refractivity contribution in [3.05, 3.63) is 66.5 Å². The first kappa shape index (κ1) is 14.3. The van der Waals surface area contributed by atoms with E-state index in [1.165, 1.54) is 0 Å². The van der Waals surface area contributed by atoms with E-state index in [-0.39, 0.29) is 12.0 Å². The number of imidazole rings is 1. The zero-order valence-corrected chi connectivity index (χ0v) is 12.5. The summed E-state index contributed by atoms with van der Waals surface area (Å²) in [5.74, 6) is -0.200. The van der Waals surface area contributed by atoms with Crippen molar-refractivity contribution in [1.29, 1.82) is 0 Å². The number of carbonyl (C=O) groups excluding carboxylic acids is 1. The summed E-state index contributed by atoms with van der Waals surface area (Å²) in [7, 11) is 0. The highest BCUT2D eigenvalue weighted by Crippen LogP contribution is 2.20. The van der Waals surface area contributed by atoms with E-state index >= 15 is 0 Å². The number of hydrogen-bond donors (Lipinski definition) is 0. The van der Waals surface area contributed by atoms with Crippen LogP contribution in [0.5, 0.6) is 0 Å². The van der Waals surface area contributed by atoms with Gasteiger partial charge in [-0.2, -0.15) is 0 Å². The molecule has 0 bridgehead atoms. The van der Waals surface area contributed by atoms with E-state index in [4.69, 9.17) is 4.74 Å². The van der Waals surface area contributed by atoms with Gasteiger partial charge in [-0.1, -0.05) is 42.5 Å². The van der Waals surface area contributed by atoms with Gasteiger partial charge in [0.05, 0.1) is 23.8 Å². The van der Waals surface area contributed by atoms with Crippen molar-refractivity contribution in [3.63, 3.8) is 0 Å². The van der Waals surface area contributed by atoms with E-state index in [0.29, 0.717) is 13.0 Å². The van der Waals surface area contributed by atoms with Gasteiger partial charge in [-0.05, 0) is 24.6 Å². The van der Waals surface area contributed by atoms with Gasteiger partial charge in [0.2, 0.25) is 0 Å². The molecule has 3 aromatic rings. The average molecular weight is 294 g/mol. The number of hydrogen-bond acceptors (Lipinski definition) is 3. The summed E-state index contributed by atoms with van der Waals surface area (Å²) in [4.78, 5) is 16.4. The fourth-order valence-electron chi connectivity index (χ4n) is 2.47. The van der Waals surface area contributed by atoms with Crippen LogP contribution in [0.1, 0.15) is 24.9 Å². The van der Waals surface area contributed by atoms with Gasteiger partial charge in [-0.25, -0.2) is 4.98 Å². The van der Waals surface area contributed by atoms with Crippen LogP contribution in [-0.2, 0) is 16.1 Å². The molecule has 0 spiro atoms. The van der Waals surface area contributed by atoms with Crippen molar-refractivity contribution in [1.82, 2.24) is 9.55 Å². The number of ether oxygens (including phenoxy) is 1. The zero-order chi connectivity index (χ0) is 15.4. The molecule has 0 saturated heterocycles. The molecule has 4 heteroatoms. The van der Waals surface area contributed by atoms with Crippen molar-refractivity contribution in [2.45, 2.75) is 26.0 Å². The Bertz CT molecular complexity index is 765. The number of nitrogens with zero attached hydrogens (tertiary/aromatic N) is 2. The lowest BCUT2D eigenvalue weighted by atomic mass is 10.2. The molecule has 0 radical (unpaired) electrons. The van der Waals surface area contributed by atoms with E-state index in [9.17, 15) is 4.79 Å². The molecule has 2 aromatic carbocycles. The number of rotatable bonds is 5. The molecule has 0 aliphatic heterocycles. The largest absolute Gasteiger partial charge is 0.461 e. The Morgan fingerprint density at radius 3 is 2.68 bits per heavy atom. The van der Waals surface area contributed by atoms with Crippen molar-refractivity contribution in [2.75, 3.05) is 0 Å². The summed E-state index contributed by atoms with van der Waals surface area (Å²) in [5.41, 5.74) is 2.97. The first-order valence-electron chi connectivity index (χ1n) is 7.35. The van der Waals surface area contributed by atoms with Gasteiger partial charge in [0.1, 0.15) is 6.61 Å². The summed E-state index contributed by atoms with van der Waals surface area (Å²) in [6.45, 7) is 2.31.